The summed E-state index contributed by atoms with van der Waals surface area (Å²) in [4.78, 5) is 0. The van der Waals surface area contributed by atoms with Crippen LogP contribution in [0, 0.1) is 6.92 Å². The molecule has 1 fully saturated rings. The Morgan fingerprint density at radius 3 is 3.08 bits per heavy atom. The molecule has 0 saturated heterocycles. The first-order valence-electron chi connectivity index (χ1n) is 4.58. The highest BCUT2D eigenvalue weighted by Crippen LogP contribution is 2.18. The second kappa shape index (κ2) is 3.27. The van der Waals surface area contributed by atoms with Crippen LogP contribution in [0.4, 0.5) is 0 Å². The molecule has 1 N–H and O–H groups in total. The Morgan fingerprint density at radius 2 is 2.50 bits per heavy atom. The molecular formula is C9H15N3. The fourth-order valence-electron chi connectivity index (χ4n) is 1.29. The predicted octanol–water partition coefficient (Wildman–Crippen LogP) is 0.944. The Labute approximate surface area is 72.8 Å². The third kappa shape index (κ3) is 1.85. The minimum atomic E-state index is 0.806. The fraction of sp³-hybridized carbons (Fsp3) is 0.667. The largest absolute Gasteiger partial charge is 0.312 e. The second-order valence-corrected chi connectivity index (χ2v) is 3.42. The lowest BCUT2D eigenvalue weighted by atomic mass is 10.5. The van der Waals surface area contributed by atoms with Gasteiger partial charge in [-0.3, -0.25) is 4.68 Å². The van der Waals surface area contributed by atoms with Crippen molar-refractivity contribution in [2.24, 2.45) is 0 Å². The van der Waals surface area contributed by atoms with Crippen LogP contribution in [0.15, 0.2) is 12.3 Å². The maximum atomic E-state index is 4.21. The van der Waals surface area contributed by atoms with E-state index in [4.69, 9.17) is 0 Å². The summed E-state index contributed by atoms with van der Waals surface area (Å²) in [6.45, 7) is 4.13. The van der Waals surface area contributed by atoms with Crippen molar-refractivity contribution in [1.82, 2.24) is 15.1 Å². The third-order valence-corrected chi connectivity index (χ3v) is 2.26. The van der Waals surface area contributed by atoms with E-state index in [9.17, 15) is 0 Å². The molecule has 0 unspecified atom stereocenters. The molecule has 2 rings (SSSR count). The zero-order valence-electron chi connectivity index (χ0n) is 7.45. The van der Waals surface area contributed by atoms with E-state index in [1.54, 1.807) is 0 Å². The van der Waals surface area contributed by atoms with E-state index in [0.717, 1.165) is 19.1 Å². The molecular weight excluding hydrogens is 150 g/mol. The van der Waals surface area contributed by atoms with Gasteiger partial charge < -0.3 is 5.32 Å². The predicted molar refractivity (Wildman–Crippen MR) is 48.0 cm³/mol. The third-order valence-electron chi connectivity index (χ3n) is 2.26. The highest BCUT2D eigenvalue weighted by molar-refractivity contribution is 4.96. The Hall–Kier alpha value is -0.830. The van der Waals surface area contributed by atoms with Gasteiger partial charge >= 0.3 is 0 Å². The summed E-state index contributed by atoms with van der Waals surface area (Å²) in [5, 5.41) is 7.67. The maximum absolute atomic E-state index is 4.21. The lowest BCUT2D eigenvalue weighted by Crippen LogP contribution is -2.22. The Balaban J connectivity index is 1.75. The lowest BCUT2D eigenvalue weighted by Gasteiger charge is -2.04. The summed E-state index contributed by atoms with van der Waals surface area (Å²) in [7, 11) is 0. The first kappa shape index (κ1) is 7.80. The SMILES string of the molecule is Cc1ccnn1CCNC1CC1. The van der Waals surface area contributed by atoms with Crippen LogP contribution in [0.1, 0.15) is 18.5 Å². The molecule has 1 aliphatic rings. The van der Waals surface area contributed by atoms with E-state index < -0.39 is 0 Å². The van der Waals surface area contributed by atoms with Gasteiger partial charge in [-0.2, -0.15) is 5.10 Å². The molecule has 0 atom stereocenters. The minimum Gasteiger partial charge on any atom is -0.312 e. The molecule has 0 amide bonds. The quantitative estimate of drug-likeness (QED) is 0.719. The zero-order chi connectivity index (χ0) is 8.39. The van der Waals surface area contributed by atoms with Crippen molar-refractivity contribution < 1.29 is 0 Å². The van der Waals surface area contributed by atoms with Crippen LogP contribution in [0.2, 0.25) is 0 Å². The molecule has 1 heterocycles. The molecule has 66 valence electrons. The first-order chi connectivity index (χ1) is 5.86. The summed E-state index contributed by atoms with van der Waals surface area (Å²) in [5.41, 5.74) is 1.24. The molecule has 1 aromatic heterocycles. The van der Waals surface area contributed by atoms with Gasteiger partial charge in [-0.05, 0) is 25.8 Å². The number of rotatable bonds is 4. The molecule has 1 aromatic rings. The molecule has 3 nitrogen and oxygen atoms in total. The molecule has 12 heavy (non-hydrogen) atoms. The van der Waals surface area contributed by atoms with Crippen molar-refractivity contribution in [3.63, 3.8) is 0 Å². The van der Waals surface area contributed by atoms with E-state index in [1.165, 1.54) is 18.5 Å². The second-order valence-electron chi connectivity index (χ2n) is 3.42. The van der Waals surface area contributed by atoms with Gasteiger partial charge in [-0.25, -0.2) is 0 Å². The number of nitrogens with zero attached hydrogens (tertiary/aromatic N) is 2. The summed E-state index contributed by atoms with van der Waals surface area (Å²) < 4.78 is 2.04. The highest BCUT2D eigenvalue weighted by Gasteiger charge is 2.19. The normalized spacial score (nSPS) is 16.8. The standard InChI is InChI=1S/C9H15N3/c1-8-4-5-11-12(8)7-6-10-9-2-3-9/h4-5,9-10H,2-3,6-7H2,1H3. The molecule has 0 radical (unpaired) electrons. The number of nitrogens with one attached hydrogen (secondary N) is 1. The van der Waals surface area contributed by atoms with Gasteiger partial charge in [0.05, 0.1) is 6.54 Å². The Morgan fingerprint density at radius 1 is 1.67 bits per heavy atom. The fourth-order valence-corrected chi connectivity index (χ4v) is 1.29. The van der Waals surface area contributed by atoms with E-state index in [0.29, 0.717) is 0 Å². The average Bonchev–Trinajstić information content (AvgIpc) is 2.78. The number of hydrogen-bond acceptors (Lipinski definition) is 2. The lowest BCUT2D eigenvalue weighted by molar-refractivity contribution is 0.543. The molecule has 3 heteroatoms. The van der Waals surface area contributed by atoms with Crippen molar-refractivity contribution in [1.29, 1.82) is 0 Å². The van der Waals surface area contributed by atoms with E-state index >= 15 is 0 Å². The number of aryl methyl sites for hydroxylation is 1. The van der Waals surface area contributed by atoms with Gasteiger partial charge in [-0.1, -0.05) is 0 Å². The van der Waals surface area contributed by atoms with Crippen molar-refractivity contribution in [2.45, 2.75) is 32.4 Å². The zero-order valence-corrected chi connectivity index (χ0v) is 7.45. The summed E-state index contributed by atoms with van der Waals surface area (Å²) in [6, 6.07) is 2.85. The average molecular weight is 165 g/mol. The van der Waals surface area contributed by atoms with Crippen molar-refractivity contribution in [2.75, 3.05) is 6.54 Å². The molecule has 0 aliphatic heterocycles. The molecule has 0 aromatic carbocycles. The Kier molecular flexibility index (Phi) is 2.13. The summed E-state index contributed by atoms with van der Waals surface area (Å²) >= 11 is 0. The molecule has 0 spiro atoms. The van der Waals surface area contributed by atoms with Crippen molar-refractivity contribution >= 4 is 0 Å². The van der Waals surface area contributed by atoms with Crippen LogP contribution in [-0.4, -0.2) is 22.4 Å². The van der Waals surface area contributed by atoms with Crippen molar-refractivity contribution in [3.8, 4) is 0 Å². The van der Waals surface area contributed by atoms with Gasteiger partial charge in [0.25, 0.3) is 0 Å². The summed E-state index contributed by atoms with van der Waals surface area (Å²) in [6.07, 6.45) is 4.57. The van der Waals surface area contributed by atoms with E-state index in [-0.39, 0.29) is 0 Å². The van der Waals surface area contributed by atoms with Crippen LogP contribution in [0.25, 0.3) is 0 Å². The minimum absolute atomic E-state index is 0.806. The van der Waals surface area contributed by atoms with Crippen LogP contribution >= 0.6 is 0 Å². The van der Waals surface area contributed by atoms with Crippen LogP contribution < -0.4 is 5.32 Å². The monoisotopic (exact) mass is 165 g/mol. The maximum Gasteiger partial charge on any atom is 0.0537 e. The Bertz CT molecular complexity index is 250. The number of aromatic nitrogens is 2. The van der Waals surface area contributed by atoms with Gasteiger partial charge in [0.15, 0.2) is 0 Å². The highest BCUT2D eigenvalue weighted by atomic mass is 15.3. The molecule has 1 saturated carbocycles. The number of hydrogen-bond donors (Lipinski definition) is 1. The van der Waals surface area contributed by atoms with Crippen LogP contribution in [0.3, 0.4) is 0 Å². The first-order valence-corrected chi connectivity index (χ1v) is 4.58. The van der Waals surface area contributed by atoms with Crippen LogP contribution in [-0.2, 0) is 6.54 Å². The van der Waals surface area contributed by atoms with Gasteiger partial charge in [0.2, 0.25) is 0 Å². The summed E-state index contributed by atoms with van der Waals surface area (Å²) in [5.74, 6) is 0. The van der Waals surface area contributed by atoms with E-state index in [2.05, 4.69) is 17.3 Å². The smallest absolute Gasteiger partial charge is 0.0537 e. The molecule has 1 aliphatic carbocycles. The van der Waals surface area contributed by atoms with Crippen LogP contribution in [0.5, 0.6) is 0 Å². The van der Waals surface area contributed by atoms with E-state index in [1.807, 2.05) is 16.9 Å². The van der Waals surface area contributed by atoms with Crippen molar-refractivity contribution in [3.05, 3.63) is 18.0 Å². The van der Waals surface area contributed by atoms with Gasteiger partial charge in [0.1, 0.15) is 0 Å². The van der Waals surface area contributed by atoms with Gasteiger partial charge in [-0.15, -0.1) is 0 Å². The molecule has 0 bridgehead atoms. The topological polar surface area (TPSA) is 29.9 Å². The van der Waals surface area contributed by atoms with Gasteiger partial charge in [0, 0.05) is 24.5 Å².